The summed E-state index contributed by atoms with van der Waals surface area (Å²) < 4.78 is 2.31. The zero-order valence-electron chi connectivity index (χ0n) is 21.9. The van der Waals surface area contributed by atoms with E-state index >= 15 is 0 Å². The van der Waals surface area contributed by atoms with Crippen molar-refractivity contribution in [1.82, 2.24) is 24.8 Å². The van der Waals surface area contributed by atoms with Crippen LogP contribution in [0.3, 0.4) is 0 Å². The van der Waals surface area contributed by atoms with Gasteiger partial charge in [0, 0.05) is 55.2 Å². The van der Waals surface area contributed by atoms with E-state index < -0.39 is 0 Å². The predicted molar refractivity (Wildman–Crippen MR) is 154 cm³/mol. The van der Waals surface area contributed by atoms with Gasteiger partial charge in [0.05, 0.1) is 17.8 Å². The molecule has 1 fully saturated rings. The van der Waals surface area contributed by atoms with Crippen LogP contribution in [0.1, 0.15) is 52.3 Å². The lowest BCUT2D eigenvalue weighted by Crippen LogP contribution is -2.33. The van der Waals surface area contributed by atoms with Gasteiger partial charge in [0.25, 0.3) is 0 Å². The molecule has 5 rings (SSSR count). The Kier molecular flexibility index (Phi) is 7.51. The highest BCUT2D eigenvalue weighted by atomic mass is 32.1. The van der Waals surface area contributed by atoms with Crippen LogP contribution in [0.25, 0.3) is 0 Å². The van der Waals surface area contributed by atoms with E-state index in [0.717, 1.165) is 40.4 Å². The molecule has 3 aromatic heterocycles. The molecule has 0 spiro atoms. The van der Waals surface area contributed by atoms with Gasteiger partial charge in [-0.3, -0.25) is 14.8 Å². The number of anilines is 1. The van der Waals surface area contributed by atoms with Gasteiger partial charge in [0.1, 0.15) is 0 Å². The van der Waals surface area contributed by atoms with E-state index in [0.29, 0.717) is 18.1 Å². The van der Waals surface area contributed by atoms with E-state index in [1.807, 2.05) is 61.7 Å². The molecular formula is C30H32N6OS. The number of hydrogen-bond acceptors (Lipinski definition) is 4. The molecule has 4 aromatic rings. The SMILES string of the molecule is Cc1ccccc1NC(=O)CCN1C(=S)N[C@H](c2ccccn2)[C@@H]1c1cc(C)n(Cc2cccnc2)c1C. The first-order valence-corrected chi connectivity index (χ1v) is 13.2. The lowest BCUT2D eigenvalue weighted by atomic mass is 9.96. The fraction of sp³-hybridized carbons (Fsp3) is 0.267. The monoisotopic (exact) mass is 524 g/mol. The van der Waals surface area contributed by atoms with Gasteiger partial charge in [-0.05, 0) is 80.0 Å². The lowest BCUT2D eigenvalue weighted by molar-refractivity contribution is -0.116. The number of nitrogens with one attached hydrogen (secondary N) is 2. The molecule has 0 saturated carbocycles. The average Bonchev–Trinajstić information content (AvgIpc) is 3.40. The Morgan fingerprint density at radius 1 is 1.05 bits per heavy atom. The van der Waals surface area contributed by atoms with Crippen LogP contribution in [0.2, 0.25) is 0 Å². The molecule has 1 saturated heterocycles. The molecule has 8 heteroatoms. The Morgan fingerprint density at radius 3 is 2.61 bits per heavy atom. The van der Waals surface area contributed by atoms with Crippen molar-refractivity contribution in [3.05, 3.63) is 113 Å². The number of hydrogen-bond donors (Lipinski definition) is 2. The summed E-state index contributed by atoms with van der Waals surface area (Å²) in [7, 11) is 0. The quantitative estimate of drug-likeness (QED) is 0.307. The molecule has 2 N–H and O–H groups in total. The standard InChI is InChI=1S/C30H32N6OS/c1-20-9-4-5-11-25(20)33-27(37)13-16-35-29(28(34-30(35)38)26-12-6-7-15-32-26)24-17-21(2)36(22(24)3)19-23-10-8-14-31-18-23/h4-12,14-15,17-18,28-29H,13,16,19H2,1-3H3,(H,33,37)(H,34,38)/t28-,29+/m1/s1. The van der Waals surface area contributed by atoms with Crippen LogP contribution in [-0.2, 0) is 11.3 Å². The zero-order chi connectivity index (χ0) is 26.6. The molecular weight excluding hydrogens is 492 g/mol. The fourth-order valence-electron chi connectivity index (χ4n) is 5.18. The van der Waals surface area contributed by atoms with Crippen molar-refractivity contribution in [2.75, 3.05) is 11.9 Å². The van der Waals surface area contributed by atoms with Gasteiger partial charge in [0.15, 0.2) is 5.11 Å². The first kappa shape index (κ1) is 25.6. The van der Waals surface area contributed by atoms with Crippen molar-refractivity contribution < 1.29 is 4.79 Å². The zero-order valence-corrected chi connectivity index (χ0v) is 22.7. The number of para-hydroxylation sites is 1. The molecule has 4 heterocycles. The highest BCUT2D eigenvalue weighted by molar-refractivity contribution is 7.80. The van der Waals surface area contributed by atoms with Crippen LogP contribution >= 0.6 is 12.2 Å². The van der Waals surface area contributed by atoms with Gasteiger partial charge in [-0.15, -0.1) is 0 Å². The molecule has 0 unspecified atom stereocenters. The van der Waals surface area contributed by atoms with Crippen molar-refractivity contribution in [1.29, 1.82) is 0 Å². The third-order valence-corrected chi connectivity index (χ3v) is 7.54. The normalized spacial score (nSPS) is 16.9. The minimum Gasteiger partial charge on any atom is -0.352 e. The van der Waals surface area contributed by atoms with Crippen LogP contribution in [-0.4, -0.2) is 37.0 Å². The number of thiocarbonyl (C=S) groups is 1. The number of nitrogens with zero attached hydrogens (tertiary/aromatic N) is 4. The molecule has 1 amide bonds. The van der Waals surface area contributed by atoms with Crippen molar-refractivity contribution in [2.45, 2.75) is 45.8 Å². The second-order valence-corrected chi connectivity index (χ2v) is 10.1. The molecule has 7 nitrogen and oxygen atoms in total. The summed E-state index contributed by atoms with van der Waals surface area (Å²) >= 11 is 5.83. The van der Waals surface area contributed by atoms with Crippen molar-refractivity contribution in [2.24, 2.45) is 0 Å². The molecule has 0 aliphatic carbocycles. The van der Waals surface area contributed by atoms with E-state index in [9.17, 15) is 4.79 Å². The van der Waals surface area contributed by atoms with Crippen LogP contribution in [0, 0.1) is 20.8 Å². The third kappa shape index (κ3) is 5.31. The van der Waals surface area contributed by atoms with Gasteiger partial charge in [-0.2, -0.15) is 0 Å². The molecule has 1 aliphatic heterocycles. The summed E-state index contributed by atoms with van der Waals surface area (Å²) in [4.78, 5) is 24.0. The molecule has 38 heavy (non-hydrogen) atoms. The maximum atomic E-state index is 12.9. The number of rotatable bonds is 8. The van der Waals surface area contributed by atoms with E-state index in [2.05, 4.69) is 56.0 Å². The van der Waals surface area contributed by atoms with Crippen molar-refractivity contribution in [3.63, 3.8) is 0 Å². The lowest BCUT2D eigenvalue weighted by Gasteiger charge is -2.28. The van der Waals surface area contributed by atoms with Gasteiger partial charge in [-0.1, -0.05) is 30.3 Å². The van der Waals surface area contributed by atoms with Crippen molar-refractivity contribution in [3.8, 4) is 0 Å². The first-order valence-electron chi connectivity index (χ1n) is 12.8. The minimum absolute atomic E-state index is 0.0378. The Morgan fingerprint density at radius 2 is 1.87 bits per heavy atom. The summed E-state index contributed by atoms with van der Waals surface area (Å²) in [6.07, 6.45) is 5.82. The molecule has 2 atom stereocenters. The van der Waals surface area contributed by atoms with Crippen LogP contribution in [0.4, 0.5) is 5.69 Å². The maximum Gasteiger partial charge on any atom is 0.226 e. The summed E-state index contributed by atoms with van der Waals surface area (Å²) in [5, 5.41) is 7.18. The van der Waals surface area contributed by atoms with E-state index in [1.165, 1.54) is 5.56 Å². The second kappa shape index (κ2) is 11.1. The summed E-state index contributed by atoms with van der Waals surface area (Å²) in [6, 6.07) is 19.8. The number of aryl methyl sites for hydroxylation is 2. The molecule has 0 bridgehead atoms. The Bertz CT molecular complexity index is 1440. The van der Waals surface area contributed by atoms with E-state index in [1.54, 1.807) is 12.4 Å². The predicted octanol–water partition coefficient (Wildman–Crippen LogP) is 5.25. The van der Waals surface area contributed by atoms with Gasteiger partial charge in [-0.25, -0.2) is 0 Å². The molecule has 1 aromatic carbocycles. The first-order chi connectivity index (χ1) is 18.4. The highest BCUT2D eigenvalue weighted by Crippen LogP contribution is 2.41. The highest BCUT2D eigenvalue weighted by Gasteiger charge is 2.41. The average molecular weight is 525 g/mol. The van der Waals surface area contributed by atoms with Crippen molar-refractivity contribution >= 4 is 28.9 Å². The minimum atomic E-state index is -0.129. The smallest absolute Gasteiger partial charge is 0.226 e. The Balaban J connectivity index is 1.43. The number of benzene rings is 1. The molecule has 0 radical (unpaired) electrons. The largest absolute Gasteiger partial charge is 0.352 e. The number of aromatic nitrogens is 3. The third-order valence-electron chi connectivity index (χ3n) is 7.19. The summed E-state index contributed by atoms with van der Waals surface area (Å²) in [5.74, 6) is -0.0378. The number of carbonyl (C=O) groups excluding carboxylic acids is 1. The van der Waals surface area contributed by atoms with E-state index in [4.69, 9.17) is 12.2 Å². The summed E-state index contributed by atoms with van der Waals surface area (Å²) in [6.45, 7) is 7.50. The number of pyridine rings is 2. The number of amides is 1. The maximum absolute atomic E-state index is 12.9. The number of carbonyl (C=O) groups is 1. The van der Waals surface area contributed by atoms with E-state index in [-0.39, 0.29) is 18.0 Å². The van der Waals surface area contributed by atoms with Crippen LogP contribution in [0.5, 0.6) is 0 Å². The van der Waals surface area contributed by atoms with Crippen LogP contribution in [0.15, 0.2) is 79.3 Å². The molecule has 194 valence electrons. The topological polar surface area (TPSA) is 75.1 Å². The van der Waals surface area contributed by atoms with Crippen LogP contribution < -0.4 is 10.6 Å². The van der Waals surface area contributed by atoms with Gasteiger partial charge in [0.2, 0.25) is 5.91 Å². The van der Waals surface area contributed by atoms with Gasteiger partial charge < -0.3 is 20.1 Å². The fourth-order valence-corrected chi connectivity index (χ4v) is 5.51. The Hall–Kier alpha value is -4.04. The van der Waals surface area contributed by atoms with Gasteiger partial charge >= 0.3 is 0 Å². The second-order valence-electron chi connectivity index (χ2n) is 9.71. The molecule has 1 aliphatic rings. The summed E-state index contributed by atoms with van der Waals surface area (Å²) in [5.41, 5.74) is 7.44. The Labute approximate surface area is 228 Å².